The Morgan fingerprint density at radius 1 is 1.40 bits per heavy atom. The van der Waals surface area contributed by atoms with Gasteiger partial charge in [-0.15, -0.1) is 0 Å². The molecule has 1 aromatic carbocycles. The van der Waals surface area contributed by atoms with Crippen molar-refractivity contribution >= 4 is 5.97 Å². The van der Waals surface area contributed by atoms with Gasteiger partial charge in [-0.3, -0.25) is 0 Å². The first-order chi connectivity index (χ1) is 7.19. The Morgan fingerprint density at radius 3 is 2.60 bits per heavy atom. The molecule has 0 radical (unpaired) electrons. The van der Waals surface area contributed by atoms with Crippen molar-refractivity contribution in [3.8, 4) is 5.75 Å². The highest BCUT2D eigenvalue weighted by molar-refractivity contribution is 5.72. The molecule has 15 heavy (non-hydrogen) atoms. The Morgan fingerprint density at radius 2 is 2.07 bits per heavy atom. The third-order valence-corrected chi connectivity index (χ3v) is 2.27. The van der Waals surface area contributed by atoms with Gasteiger partial charge in [0.1, 0.15) is 5.75 Å². The number of ether oxygens (including phenoxy) is 1. The molecule has 0 fully saturated rings. The van der Waals surface area contributed by atoms with E-state index in [9.17, 15) is 4.79 Å². The van der Waals surface area contributed by atoms with Gasteiger partial charge in [0.05, 0.1) is 0 Å². The molecule has 0 aliphatic carbocycles. The van der Waals surface area contributed by atoms with E-state index in [-0.39, 0.29) is 0 Å². The van der Waals surface area contributed by atoms with Crippen molar-refractivity contribution in [2.75, 3.05) is 0 Å². The molecule has 0 amide bonds. The monoisotopic (exact) mass is 208 g/mol. The maximum atomic E-state index is 10.8. The van der Waals surface area contributed by atoms with Crippen molar-refractivity contribution in [3.05, 3.63) is 29.8 Å². The standard InChI is InChI=1S/C12H16O3/c1-3-9-7-5-6-8-11(9)15-10(4-2)12(13)14/h5-8,10H,3-4H2,1-2H3,(H,13,14). The summed E-state index contributed by atoms with van der Waals surface area (Å²) in [5.74, 6) is -0.238. The summed E-state index contributed by atoms with van der Waals surface area (Å²) < 4.78 is 5.45. The van der Waals surface area contributed by atoms with Crippen LogP contribution in [0.1, 0.15) is 25.8 Å². The maximum Gasteiger partial charge on any atom is 0.344 e. The second-order valence-corrected chi connectivity index (χ2v) is 3.31. The molecule has 0 saturated heterocycles. The first-order valence-electron chi connectivity index (χ1n) is 5.16. The van der Waals surface area contributed by atoms with Crippen LogP contribution in [0, 0.1) is 0 Å². The lowest BCUT2D eigenvalue weighted by molar-refractivity contribution is -0.145. The van der Waals surface area contributed by atoms with E-state index in [0.29, 0.717) is 12.2 Å². The molecule has 1 unspecified atom stereocenters. The van der Waals surface area contributed by atoms with Crippen LogP contribution in [0.3, 0.4) is 0 Å². The highest BCUT2D eigenvalue weighted by Crippen LogP contribution is 2.20. The van der Waals surface area contributed by atoms with Gasteiger partial charge in [0.15, 0.2) is 6.10 Å². The van der Waals surface area contributed by atoms with Crippen LogP contribution in [-0.4, -0.2) is 17.2 Å². The van der Waals surface area contributed by atoms with E-state index in [1.807, 2.05) is 31.2 Å². The molecule has 3 nitrogen and oxygen atoms in total. The third-order valence-electron chi connectivity index (χ3n) is 2.27. The zero-order valence-corrected chi connectivity index (χ0v) is 9.06. The Balaban J connectivity index is 2.82. The lowest BCUT2D eigenvalue weighted by atomic mass is 10.1. The van der Waals surface area contributed by atoms with Crippen molar-refractivity contribution in [1.82, 2.24) is 0 Å². The highest BCUT2D eigenvalue weighted by Gasteiger charge is 2.17. The molecule has 3 heteroatoms. The molecule has 0 bridgehead atoms. The Kier molecular flexibility index (Phi) is 4.16. The summed E-state index contributed by atoms with van der Waals surface area (Å²) in [6, 6.07) is 7.53. The van der Waals surface area contributed by atoms with E-state index < -0.39 is 12.1 Å². The number of aryl methyl sites for hydroxylation is 1. The molecular weight excluding hydrogens is 192 g/mol. The number of carboxylic acids is 1. The summed E-state index contributed by atoms with van der Waals surface area (Å²) in [7, 11) is 0. The summed E-state index contributed by atoms with van der Waals surface area (Å²) in [6.07, 6.45) is 0.553. The predicted octanol–water partition coefficient (Wildman–Crippen LogP) is 2.49. The van der Waals surface area contributed by atoms with Crippen molar-refractivity contribution < 1.29 is 14.6 Å². The van der Waals surface area contributed by atoms with Gasteiger partial charge in [-0.05, 0) is 24.5 Å². The molecule has 0 aliphatic heterocycles. The number of benzene rings is 1. The first kappa shape index (κ1) is 11.6. The minimum atomic E-state index is -0.914. The highest BCUT2D eigenvalue weighted by atomic mass is 16.5. The SMILES string of the molecule is CCc1ccccc1OC(CC)C(=O)O. The molecule has 0 aromatic heterocycles. The molecule has 1 N–H and O–H groups in total. The lowest BCUT2D eigenvalue weighted by Gasteiger charge is -2.15. The number of rotatable bonds is 5. The molecular formula is C12H16O3. The second-order valence-electron chi connectivity index (χ2n) is 3.31. The largest absolute Gasteiger partial charge is 0.479 e. The molecule has 82 valence electrons. The van der Waals surface area contributed by atoms with Crippen molar-refractivity contribution in [1.29, 1.82) is 0 Å². The smallest absolute Gasteiger partial charge is 0.344 e. The van der Waals surface area contributed by atoms with Crippen LogP contribution in [0.25, 0.3) is 0 Å². The van der Waals surface area contributed by atoms with Crippen LogP contribution in [0.4, 0.5) is 0 Å². The van der Waals surface area contributed by atoms with Crippen LogP contribution in [-0.2, 0) is 11.2 Å². The number of carbonyl (C=O) groups is 1. The fraction of sp³-hybridized carbons (Fsp3) is 0.417. The Labute approximate surface area is 89.7 Å². The summed E-state index contributed by atoms with van der Waals surface area (Å²) in [4.78, 5) is 10.8. The van der Waals surface area contributed by atoms with Crippen LogP contribution >= 0.6 is 0 Å². The number of aliphatic carboxylic acids is 1. The molecule has 1 atom stereocenters. The topological polar surface area (TPSA) is 46.5 Å². The van der Waals surface area contributed by atoms with E-state index >= 15 is 0 Å². The van der Waals surface area contributed by atoms with Crippen molar-refractivity contribution in [2.45, 2.75) is 32.8 Å². The normalized spacial score (nSPS) is 12.1. The van der Waals surface area contributed by atoms with Gasteiger partial charge in [0, 0.05) is 0 Å². The van der Waals surface area contributed by atoms with Crippen LogP contribution in [0.2, 0.25) is 0 Å². The molecule has 1 rings (SSSR count). The second kappa shape index (κ2) is 5.39. The zero-order valence-electron chi connectivity index (χ0n) is 9.06. The summed E-state index contributed by atoms with van der Waals surface area (Å²) >= 11 is 0. The molecule has 0 heterocycles. The number of hydrogen-bond acceptors (Lipinski definition) is 2. The zero-order chi connectivity index (χ0) is 11.3. The summed E-state index contributed by atoms with van der Waals surface area (Å²) in [5.41, 5.74) is 1.04. The molecule has 1 aromatic rings. The van der Waals surface area contributed by atoms with Gasteiger partial charge in [0.2, 0.25) is 0 Å². The summed E-state index contributed by atoms with van der Waals surface area (Å²) in [5, 5.41) is 8.87. The number of para-hydroxylation sites is 1. The van der Waals surface area contributed by atoms with Crippen LogP contribution in [0.15, 0.2) is 24.3 Å². The van der Waals surface area contributed by atoms with Gasteiger partial charge < -0.3 is 9.84 Å². The van der Waals surface area contributed by atoms with Crippen molar-refractivity contribution in [2.24, 2.45) is 0 Å². The van der Waals surface area contributed by atoms with Gasteiger partial charge in [-0.25, -0.2) is 4.79 Å². The lowest BCUT2D eigenvalue weighted by Crippen LogP contribution is -2.26. The Bertz CT molecular complexity index is 333. The van der Waals surface area contributed by atoms with Crippen LogP contribution in [0.5, 0.6) is 5.75 Å². The molecule has 0 aliphatic rings. The maximum absolute atomic E-state index is 10.8. The predicted molar refractivity (Wildman–Crippen MR) is 58.2 cm³/mol. The molecule has 0 spiro atoms. The fourth-order valence-electron chi connectivity index (χ4n) is 1.37. The third kappa shape index (κ3) is 2.98. The van der Waals surface area contributed by atoms with E-state index in [1.165, 1.54) is 0 Å². The van der Waals surface area contributed by atoms with Crippen molar-refractivity contribution in [3.63, 3.8) is 0 Å². The molecule has 0 saturated carbocycles. The van der Waals surface area contributed by atoms with Gasteiger partial charge in [-0.1, -0.05) is 32.0 Å². The van der Waals surface area contributed by atoms with E-state index in [0.717, 1.165) is 12.0 Å². The van der Waals surface area contributed by atoms with E-state index in [4.69, 9.17) is 9.84 Å². The fourth-order valence-corrected chi connectivity index (χ4v) is 1.37. The van der Waals surface area contributed by atoms with Crippen LogP contribution < -0.4 is 4.74 Å². The minimum absolute atomic E-state index is 0.466. The average molecular weight is 208 g/mol. The Hall–Kier alpha value is -1.51. The number of carboxylic acid groups (broad SMARTS) is 1. The summed E-state index contributed by atoms with van der Waals surface area (Å²) in [6.45, 7) is 3.82. The van der Waals surface area contributed by atoms with E-state index in [1.54, 1.807) is 6.92 Å². The first-order valence-corrected chi connectivity index (χ1v) is 5.16. The van der Waals surface area contributed by atoms with Gasteiger partial charge >= 0.3 is 5.97 Å². The minimum Gasteiger partial charge on any atom is -0.479 e. The quantitative estimate of drug-likeness (QED) is 0.808. The van der Waals surface area contributed by atoms with E-state index in [2.05, 4.69) is 0 Å². The average Bonchev–Trinajstić information content (AvgIpc) is 2.25. The van der Waals surface area contributed by atoms with Gasteiger partial charge in [0.25, 0.3) is 0 Å². The van der Waals surface area contributed by atoms with Gasteiger partial charge in [-0.2, -0.15) is 0 Å². The number of hydrogen-bond donors (Lipinski definition) is 1.